The van der Waals surface area contributed by atoms with E-state index < -0.39 is 0 Å². The molecule has 0 aliphatic heterocycles. The van der Waals surface area contributed by atoms with Crippen molar-refractivity contribution in [3.05, 3.63) is 96.1 Å². The predicted octanol–water partition coefficient (Wildman–Crippen LogP) is 4.65. The number of hydrogen-bond acceptors (Lipinski definition) is 2. The number of amides is 1. The average Bonchev–Trinajstić information content (AvgIpc) is 2.61. The maximum absolute atomic E-state index is 12.2. The summed E-state index contributed by atoms with van der Waals surface area (Å²) in [6.07, 6.45) is 10.0. The molecule has 2 rings (SSSR count). The second-order valence-corrected chi connectivity index (χ2v) is 5.06. The van der Waals surface area contributed by atoms with E-state index >= 15 is 0 Å². The van der Waals surface area contributed by atoms with Crippen LogP contribution >= 0.6 is 0 Å². The summed E-state index contributed by atoms with van der Waals surface area (Å²) in [5, 5.41) is 2.73. The van der Waals surface area contributed by atoms with Crippen LogP contribution in [0.4, 0.5) is 5.69 Å². The third kappa shape index (κ3) is 5.54. The zero-order valence-electron chi connectivity index (χ0n) is 13.5. The van der Waals surface area contributed by atoms with Crippen molar-refractivity contribution in [2.24, 2.45) is 0 Å². The van der Waals surface area contributed by atoms with Crippen LogP contribution in [0.1, 0.15) is 22.8 Å². The molecule has 1 amide bonds. The van der Waals surface area contributed by atoms with Gasteiger partial charge in [0.05, 0.1) is 0 Å². The Morgan fingerprint density at radius 3 is 2.46 bits per heavy atom. The van der Waals surface area contributed by atoms with Gasteiger partial charge in [-0.05, 0) is 30.7 Å². The van der Waals surface area contributed by atoms with Gasteiger partial charge in [-0.3, -0.25) is 9.59 Å². The van der Waals surface area contributed by atoms with Crippen molar-refractivity contribution < 1.29 is 9.59 Å². The highest BCUT2D eigenvalue weighted by molar-refractivity contribution is 6.08. The lowest BCUT2D eigenvalue weighted by Gasteiger charge is -2.03. The van der Waals surface area contributed by atoms with Crippen LogP contribution in [0.25, 0.3) is 6.08 Å². The van der Waals surface area contributed by atoms with Crippen LogP contribution in [-0.2, 0) is 4.79 Å². The van der Waals surface area contributed by atoms with Crippen LogP contribution < -0.4 is 5.32 Å². The minimum absolute atomic E-state index is 0.112. The summed E-state index contributed by atoms with van der Waals surface area (Å²) in [5.41, 5.74) is 2.07. The summed E-state index contributed by atoms with van der Waals surface area (Å²) in [6.45, 7) is 1.88. The first-order valence-corrected chi connectivity index (χ1v) is 7.67. The molecule has 24 heavy (non-hydrogen) atoms. The molecule has 0 unspecified atom stereocenters. The van der Waals surface area contributed by atoms with Crippen LogP contribution in [0.15, 0.2) is 85.0 Å². The first kappa shape index (κ1) is 17.2. The second-order valence-electron chi connectivity index (χ2n) is 5.06. The number of hydrogen-bond donors (Lipinski definition) is 1. The third-order valence-electron chi connectivity index (χ3n) is 3.19. The average molecular weight is 317 g/mol. The molecule has 0 atom stereocenters. The Hall–Kier alpha value is -3.20. The normalized spacial score (nSPS) is 11.4. The zero-order valence-corrected chi connectivity index (χ0v) is 13.5. The molecule has 2 aromatic rings. The highest BCUT2D eigenvalue weighted by Crippen LogP contribution is 2.12. The molecule has 0 saturated heterocycles. The maximum atomic E-state index is 12.2. The van der Waals surface area contributed by atoms with Crippen LogP contribution in [0.5, 0.6) is 0 Å². The van der Waals surface area contributed by atoms with Gasteiger partial charge >= 0.3 is 0 Å². The number of carbonyl (C=O) groups excluding carboxylic acids is 2. The first-order chi connectivity index (χ1) is 11.7. The second kappa shape index (κ2) is 9.06. The fourth-order valence-corrected chi connectivity index (χ4v) is 2.02. The van der Waals surface area contributed by atoms with Gasteiger partial charge in [0.1, 0.15) is 0 Å². The molecule has 3 heteroatoms. The molecule has 3 nitrogen and oxygen atoms in total. The molecular formula is C21H19NO2. The van der Waals surface area contributed by atoms with E-state index in [4.69, 9.17) is 0 Å². The van der Waals surface area contributed by atoms with E-state index in [9.17, 15) is 9.59 Å². The lowest BCUT2D eigenvalue weighted by Crippen LogP contribution is -2.08. The smallest absolute Gasteiger partial charge is 0.248 e. The number of allylic oxidation sites excluding steroid dienone is 4. The maximum Gasteiger partial charge on any atom is 0.248 e. The molecule has 0 saturated carbocycles. The Labute approximate surface area is 142 Å². The molecule has 0 spiro atoms. The van der Waals surface area contributed by atoms with Gasteiger partial charge in [-0.25, -0.2) is 0 Å². The van der Waals surface area contributed by atoms with E-state index in [0.29, 0.717) is 11.3 Å². The number of rotatable bonds is 6. The molecule has 0 fully saturated rings. The Balaban J connectivity index is 2.05. The van der Waals surface area contributed by atoms with Gasteiger partial charge in [-0.1, -0.05) is 66.8 Å². The molecule has 0 aromatic heterocycles. The summed E-state index contributed by atoms with van der Waals surface area (Å²) >= 11 is 0. The van der Waals surface area contributed by atoms with Crippen molar-refractivity contribution in [3.8, 4) is 0 Å². The van der Waals surface area contributed by atoms with Crippen molar-refractivity contribution in [2.75, 3.05) is 5.32 Å². The van der Waals surface area contributed by atoms with Gasteiger partial charge in [0.2, 0.25) is 5.91 Å². The highest BCUT2D eigenvalue weighted by Gasteiger charge is 2.04. The largest absolute Gasteiger partial charge is 0.322 e. The van der Waals surface area contributed by atoms with Gasteiger partial charge in [0, 0.05) is 17.3 Å². The zero-order chi connectivity index (χ0) is 17.2. The summed E-state index contributed by atoms with van der Waals surface area (Å²) in [5.74, 6) is -0.350. The predicted molar refractivity (Wildman–Crippen MR) is 98.8 cm³/mol. The summed E-state index contributed by atoms with van der Waals surface area (Å²) in [7, 11) is 0. The molecule has 1 N–H and O–H groups in total. The molecule has 120 valence electrons. The SMILES string of the molecule is CC=CC=CC(=O)Nc1cccc(C(=O)C=Cc2ccccc2)c1. The lowest BCUT2D eigenvalue weighted by molar-refractivity contribution is -0.111. The van der Waals surface area contributed by atoms with Gasteiger partial charge in [0.25, 0.3) is 0 Å². The quantitative estimate of drug-likeness (QED) is 0.479. The summed E-state index contributed by atoms with van der Waals surface area (Å²) in [6, 6.07) is 16.5. The fraction of sp³-hybridized carbons (Fsp3) is 0.0476. The minimum Gasteiger partial charge on any atom is -0.322 e. The molecule has 0 radical (unpaired) electrons. The number of ketones is 1. The van der Waals surface area contributed by atoms with E-state index in [1.165, 1.54) is 12.2 Å². The van der Waals surface area contributed by atoms with E-state index in [1.54, 1.807) is 42.5 Å². The van der Waals surface area contributed by atoms with Crippen molar-refractivity contribution in [1.29, 1.82) is 0 Å². The topological polar surface area (TPSA) is 46.2 Å². The van der Waals surface area contributed by atoms with E-state index in [1.807, 2.05) is 43.3 Å². The van der Waals surface area contributed by atoms with Gasteiger partial charge in [-0.2, -0.15) is 0 Å². The number of carbonyl (C=O) groups is 2. The van der Waals surface area contributed by atoms with Crippen LogP contribution in [0.2, 0.25) is 0 Å². The fourth-order valence-electron chi connectivity index (χ4n) is 2.02. The van der Waals surface area contributed by atoms with Crippen LogP contribution in [0, 0.1) is 0 Å². The number of anilines is 1. The summed E-state index contributed by atoms with van der Waals surface area (Å²) < 4.78 is 0. The standard InChI is InChI=1S/C21H19NO2/c1-2-3-5-13-21(24)22-19-12-8-11-18(16-19)20(23)15-14-17-9-6-4-7-10-17/h2-16H,1H3,(H,22,24). The molecular weight excluding hydrogens is 298 g/mol. The van der Waals surface area contributed by atoms with Crippen LogP contribution in [0.3, 0.4) is 0 Å². The van der Waals surface area contributed by atoms with Crippen molar-refractivity contribution in [1.82, 2.24) is 0 Å². The number of nitrogens with one attached hydrogen (secondary N) is 1. The van der Waals surface area contributed by atoms with Gasteiger partial charge in [-0.15, -0.1) is 0 Å². The van der Waals surface area contributed by atoms with E-state index in [2.05, 4.69) is 5.32 Å². The van der Waals surface area contributed by atoms with Crippen LogP contribution in [-0.4, -0.2) is 11.7 Å². The monoisotopic (exact) mass is 317 g/mol. The first-order valence-electron chi connectivity index (χ1n) is 7.67. The van der Waals surface area contributed by atoms with Crippen molar-refractivity contribution >= 4 is 23.5 Å². The molecule has 0 aliphatic rings. The van der Waals surface area contributed by atoms with Crippen molar-refractivity contribution in [3.63, 3.8) is 0 Å². The van der Waals surface area contributed by atoms with E-state index in [-0.39, 0.29) is 11.7 Å². The molecule has 0 aliphatic carbocycles. The van der Waals surface area contributed by atoms with Gasteiger partial charge < -0.3 is 5.32 Å². The molecule has 0 heterocycles. The Morgan fingerprint density at radius 1 is 0.917 bits per heavy atom. The minimum atomic E-state index is -0.238. The Bertz CT molecular complexity index is 786. The van der Waals surface area contributed by atoms with Crippen molar-refractivity contribution in [2.45, 2.75) is 6.92 Å². The van der Waals surface area contributed by atoms with Gasteiger partial charge in [0.15, 0.2) is 5.78 Å². The number of benzene rings is 2. The Morgan fingerprint density at radius 2 is 1.71 bits per heavy atom. The molecule has 0 bridgehead atoms. The summed E-state index contributed by atoms with van der Waals surface area (Å²) in [4.78, 5) is 24.0. The lowest BCUT2D eigenvalue weighted by atomic mass is 10.1. The third-order valence-corrected chi connectivity index (χ3v) is 3.19. The Kier molecular flexibility index (Phi) is 6.47. The van der Waals surface area contributed by atoms with E-state index in [0.717, 1.165) is 5.56 Å². The highest BCUT2D eigenvalue weighted by atomic mass is 16.1. The molecule has 2 aromatic carbocycles.